The fourth-order valence-electron chi connectivity index (χ4n) is 1.87. The first-order chi connectivity index (χ1) is 6.93. The SMILES string of the molecule is [c]1cccc2[c]1[Hg][c]1ccccc1N2. The van der Waals surface area contributed by atoms with Gasteiger partial charge in [-0.1, -0.05) is 0 Å². The molecule has 0 saturated carbocycles. The summed E-state index contributed by atoms with van der Waals surface area (Å²) in [6, 6.07) is 18.2. The molecule has 0 fully saturated rings. The molecule has 2 aromatic carbocycles. The van der Waals surface area contributed by atoms with E-state index in [1.165, 1.54) is 14.4 Å². The van der Waals surface area contributed by atoms with Crippen LogP contribution in [0.2, 0.25) is 0 Å². The molecule has 0 aromatic heterocycles. The van der Waals surface area contributed by atoms with E-state index in [9.17, 15) is 0 Å². The van der Waals surface area contributed by atoms with E-state index in [1.807, 2.05) is 12.1 Å². The third-order valence-corrected chi connectivity index (χ3v) is 10.1. The van der Waals surface area contributed by atoms with Crippen LogP contribution in [0.4, 0.5) is 11.4 Å². The van der Waals surface area contributed by atoms with E-state index in [1.54, 1.807) is 3.07 Å². The van der Waals surface area contributed by atoms with E-state index in [2.05, 4.69) is 41.7 Å². The Morgan fingerprint density at radius 1 is 1.00 bits per heavy atom. The van der Waals surface area contributed by atoms with Crippen LogP contribution in [-0.2, 0) is 24.6 Å². The molecule has 1 N–H and O–H groups in total. The molecule has 3 rings (SSSR count). The molecule has 1 radical (unpaired) electrons. The van der Waals surface area contributed by atoms with Crippen molar-refractivity contribution < 1.29 is 24.6 Å². The Bertz CT molecular complexity index is 392. The fraction of sp³-hybridized carbons (Fsp3) is 0. The summed E-state index contributed by atoms with van der Waals surface area (Å²) in [7, 11) is 0. The summed E-state index contributed by atoms with van der Waals surface area (Å²) in [5.41, 5.74) is 2.61. The molecule has 14 heavy (non-hydrogen) atoms. The van der Waals surface area contributed by atoms with Crippen LogP contribution < -0.4 is 11.5 Å². The normalized spacial score (nSPS) is 11.4. The van der Waals surface area contributed by atoms with Gasteiger partial charge in [0.15, 0.2) is 0 Å². The number of hydrogen-bond acceptors (Lipinski definition) is 1. The van der Waals surface area contributed by atoms with E-state index in [-0.39, 0.29) is 0 Å². The Labute approximate surface area is 95.6 Å². The van der Waals surface area contributed by atoms with Crippen molar-refractivity contribution in [1.82, 2.24) is 0 Å². The molecular formula is C12H8HgN. The van der Waals surface area contributed by atoms with Crippen molar-refractivity contribution in [3.05, 3.63) is 48.5 Å². The van der Waals surface area contributed by atoms with Gasteiger partial charge in [-0.05, 0) is 0 Å². The standard InChI is InChI=1S/C12H8N.Hg/c1-3-7-11(8-4-1)13-12-9-5-2-6-10-12;/h1-5,7,9,13H;. The number of benzene rings is 2. The van der Waals surface area contributed by atoms with Gasteiger partial charge in [0.25, 0.3) is 0 Å². The molecule has 2 heteroatoms. The first-order valence-electron chi connectivity index (χ1n) is 4.78. The molecule has 63 valence electrons. The number of rotatable bonds is 0. The summed E-state index contributed by atoms with van der Waals surface area (Å²) < 4.78 is 3.05. The van der Waals surface area contributed by atoms with Crippen molar-refractivity contribution >= 4 is 17.5 Å². The van der Waals surface area contributed by atoms with Gasteiger partial charge >= 0.3 is 95.9 Å². The van der Waals surface area contributed by atoms with E-state index < -0.39 is 24.6 Å². The average molecular weight is 367 g/mol. The Morgan fingerprint density at radius 3 is 2.86 bits per heavy atom. The molecule has 0 amide bonds. The Kier molecular flexibility index (Phi) is 2.05. The second kappa shape index (κ2) is 3.39. The van der Waals surface area contributed by atoms with Crippen molar-refractivity contribution in [2.75, 3.05) is 5.32 Å². The fourth-order valence-corrected chi connectivity index (χ4v) is 8.27. The number of nitrogens with one attached hydrogen (secondary N) is 1. The van der Waals surface area contributed by atoms with Crippen LogP contribution in [0, 0.1) is 6.07 Å². The molecule has 0 atom stereocenters. The predicted molar refractivity (Wildman–Crippen MR) is 54.3 cm³/mol. The average Bonchev–Trinajstić information content (AvgIpc) is 2.26. The molecule has 1 aliphatic rings. The van der Waals surface area contributed by atoms with Gasteiger partial charge in [0.2, 0.25) is 0 Å². The van der Waals surface area contributed by atoms with Crippen LogP contribution in [0.5, 0.6) is 0 Å². The van der Waals surface area contributed by atoms with Crippen molar-refractivity contribution in [1.29, 1.82) is 0 Å². The zero-order chi connectivity index (χ0) is 9.38. The monoisotopic (exact) mass is 368 g/mol. The van der Waals surface area contributed by atoms with Gasteiger partial charge in [-0.3, -0.25) is 0 Å². The van der Waals surface area contributed by atoms with E-state index in [4.69, 9.17) is 0 Å². The Balaban J connectivity index is 2.12. The van der Waals surface area contributed by atoms with Crippen LogP contribution in [0.25, 0.3) is 0 Å². The predicted octanol–water partition coefficient (Wildman–Crippen LogP) is 1.58. The zero-order valence-electron chi connectivity index (χ0n) is 7.75. The van der Waals surface area contributed by atoms with E-state index in [0.29, 0.717) is 0 Å². The Morgan fingerprint density at radius 2 is 1.86 bits per heavy atom. The molecule has 0 bridgehead atoms. The second-order valence-electron chi connectivity index (χ2n) is 3.52. The van der Waals surface area contributed by atoms with Crippen LogP contribution in [0.15, 0.2) is 42.5 Å². The Hall–Kier alpha value is -0.825. The molecule has 0 spiro atoms. The minimum atomic E-state index is -1.09. The minimum absolute atomic E-state index is 1.09. The van der Waals surface area contributed by atoms with Gasteiger partial charge < -0.3 is 0 Å². The van der Waals surface area contributed by atoms with Gasteiger partial charge in [-0.15, -0.1) is 0 Å². The first kappa shape index (κ1) is 8.48. The molecule has 1 heterocycles. The van der Waals surface area contributed by atoms with Crippen molar-refractivity contribution in [3.8, 4) is 0 Å². The van der Waals surface area contributed by atoms with Gasteiger partial charge in [-0.2, -0.15) is 0 Å². The van der Waals surface area contributed by atoms with E-state index >= 15 is 0 Å². The summed E-state index contributed by atoms with van der Waals surface area (Å²) in [6.07, 6.45) is 0. The summed E-state index contributed by atoms with van der Waals surface area (Å²) in [5, 5.41) is 3.46. The number of anilines is 2. The van der Waals surface area contributed by atoms with Gasteiger partial charge in [-0.25, -0.2) is 0 Å². The molecule has 0 unspecified atom stereocenters. The molecule has 1 aliphatic heterocycles. The van der Waals surface area contributed by atoms with Gasteiger partial charge in [0.1, 0.15) is 0 Å². The molecule has 0 aliphatic carbocycles. The molecule has 1 nitrogen and oxygen atoms in total. The summed E-state index contributed by atoms with van der Waals surface area (Å²) >= 11 is -1.09. The quantitative estimate of drug-likeness (QED) is 0.596. The maximum absolute atomic E-state index is 3.46. The van der Waals surface area contributed by atoms with Crippen molar-refractivity contribution in [2.45, 2.75) is 0 Å². The van der Waals surface area contributed by atoms with E-state index in [0.717, 1.165) is 0 Å². The number of para-hydroxylation sites is 1. The maximum atomic E-state index is 3.46. The summed E-state index contributed by atoms with van der Waals surface area (Å²) in [6.45, 7) is 0. The summed E-state index contributed by atoms with van der Waals surface area (Å²) in [4.78, 5) is 0. The number of fused-ring (bicyclic) bond motifs is 2. The van der Waals surface area contributed by atoms with Crippen LogP contribution >= 0.6 is 0 Å². The van der Waals surface area contributed by atoms with Crippen LogP contribution in [0.1, 0.15) is 0 Å². The molecular weight excluding hydrogens is 359 g/mol. The zero-order valence-corrected chi connectivity index (χ0v) is 13.2. The second-order valence-corrected chi connectivity index (χ2v) is 10.6. The first-order valence-corrected chi connectivity index (χ1v) is 10.3. The third kappa shape index (κ3) is 1.36. The third-order valence-electron chi connectivity index (χ3n) is 2.60. The number of hydrogen-bond donors (Lipinski definition) is 1. The molecule has 2 aromatic rings. The van der Waals surface area contributed by atoms with Crippen molar-refractivity contribution in [2.24, 2.45) is 0 Å². The molecule has 0 saturated heterocycles. The van der Waals surface area contributed by atoms with Gasteiger partial charge in [0, 0.05) is 0 Å². The van der Waals surface area contributed by atoms with Crippen LogP contribution in [-0.4, -0.2) is 0 Å². The van der Waals surface area contributed by atoms with Crippen LogP contribution in [0.3, 0.4) is 0 Å². The van der Waals surface area contributed by atoms with Crippen molar-refractivity contribution in [3.63, 3.8) is 0 Å². The summed E-state index contributed by atoms with van der Waals surface area (Å²) in [5.74, 6) is 0. The van der Waals surface area contributed by atoms with Gasteiger partial charge in [0.05, 0.1) is 0 Å². The topological polar surface area (TPSA) is 12.0 Å².